The molecule has 134 valence electrons. The molecule has 2 atom stereocenters. The van der Waals surface area contributed by atoms with E-state index < -0.39 is 6.04 Å². The molecule has 2 unspecified atom stereocenters. The summed E-state index contributed by atoms with van der Waals surface area (Å²) in [5, 5.41) is 2.96. The lowest BCUT2D eigenvalue weighted by Gasteiger charge is -2.22. The summed E-state index contributed by atoms with van der Waals surface area (Å²) in [7, 11) is 0. The van der Waals surface area contributed by atoms with Crippen LogP contribution >= 0.6 is 12.4 Å². The summed E-state index contributed by atoms with van der Waals surface area (Å²) in [4.78, 5) is 12.3. The number of nitrogens with two attached hydrogens (primary N) is 1. The van der Waals surface area contributed by atoms with Crippen LogP contribution in [0.4, 0.5) is 0 Å². The Morgan fingerprint density at radius 1 is 1.12 bits per heavy atom. The Hall–Kier alpha value is -2.24. The van der Waals surface area contributed by atoms with Crippen LogP contribution in [0.15, 0.2) is 48.5 Å². The first kappa shape index (κ1) is 19.1. The van der Waals surface area contributed by atoms with Crippen molar-refractivity contribution in [1.29, 1.82) is 0 Å². The standard InChI is InChI=1S/C19H22N2O3.ClH/c1-13(15-7-8-17-18(12-15)24-10-9-23-17)21-19(22)16(20)11-14-5-3-2-4-6-14;/h2-8,12-13,16H,9-11,20H2,1H3,(H,21,22);1H. The molecule has 2 aromatic rings. The van der Waals surface area contributed by atoms with E-state index in [2.05, 4.69) is 5.32 Å². The predicted molar refractivity (Wildman–Crippen MR) is 99.4 cm³/mol. The summed E-state index contributed by atoms with van der Waals surface area (Å²) < 4.78 is 11.1. The quantitative estimate of drug-likeness (QED) is 0.857. The summed E-state index contributed by atoms with van der Waals surface area (Å²) in [6.45, 7) is 3.03. The van der Waals surface area contributed by atoms with E-state index in [4.69, 9.17) is 15.2 Å². The normalized spacial score (nSPS) is 14.8. The molecule has 0 bridgehead atoms. The average Bonchev–Trinajstić information content (AvgIpc) is 2.62. The number of fused-ring (bicyclic) bond motifs is 1. The van der Waals surface area contributed by atoms with E-state index in [9.17, 15) is 4.79 Å². The molecule has 0 saturated carbocycles. The Balaban J connectivity index is 0.00000225. The fourth-order valence-electron chi connectivity index (χ4n) is 2.69. The monoisotopic (exact) mass is 362 g/mol. The zero-order valence-corrected chi connectivity index (χ0v) is 14.9. The summed E-state index contributed by atoms with van der Waals surface area (Å²) in [6.07, 6.45) is 0.514. The van der Waals surface area contributed by atoms with Crippen molar-refractivity contribution in [1.82, 2.24) is 5.32 Å². The molecule has 1 amide bonds. The number of carbonyl (C=O) groups is 1. The second-order valence-corrected chi connectivity index (χ2v) is 5.93. The van der Waals surface area contributed by atoms with Crippen LogP contribution in [0.2, 0.25) is 0 Å². The zero-order valence-electron chi connectivity index (χ0n) is 14.1. The number of ether oxygens (including phenoxy) is 2. The molecule has 1 aliphatic heterocycles. The summed E-state index contributed by atoms with van der Waals surface area (Å²) in [5.41, 5.74) is 8.04. The molecule has 0 aliphatic carbocycles. The van der Waals surface area contributed by atoms with Crippen LogP contribution in [0.25, 0.3) is 0 Å². The maximum absolute atomic E-state index is 12.3. The van der Waals surface area contributed by atoms with Crippen LogP contribution in [-0.4, -0.2) is 25.2 Å². The highest BCUT2D eigenvalue weighted by molar-refractivity contribution is 5.85. The minimum Gasteiger partial charge on any atom is -0.486 e. The lowest BCUT2D eigenvalue weighted by Crippen LogP contribution is -2.42. The number of amides is 1. The van der Waals surface area contributed by atoms with Gasteiger partial charge in [0.2, 0.25) is 5.91 Å². The zero-order chi connectivity index (χ0) is 16.9. The van der Waals surface area contributed by atoms with Crippen molar-refractivity contribution in [3.8, 4) is 11.5 Å². The van der Waals surface area contributed by atoms with Crippen LogP contribution in [-0.2, 0) is 11.2 Å². The van der Waals surface area contributed by atoms with Crippen molar-refractivity contribution >= 4 is 18.3 Å². The van der Waals surface area contributed by atoms with Gasteiger partial charge in [-0.1, -0.05) is 36.4 Å². The molecule has 0 fully saturated rings. The van der Waals surface area contributed by atoms with E-state index in [1.54, 1.807) is 0 Å². The van der Waals surface area contributed by atoms with Gasteiger partial charge in [0.1, 0.15) is 13.2 Å². The summed E-state index contributed by atoms with van der Waals surface area (Å²) in [5.74, 6) is 1.29. The Kier molecular flexibility index (Phi) is 6.67. The number of rotatable bonds is 5. The van der Waals surface area contributed by atoms with E-state index in [0.717, 1.165) is 16.9 Å². The van der Waals surface area contributed by atoms with Crippen LogP contribution in [0.1, 0.15) is 24.1 Å². The molecule has 3 N–H and O–H groups in total. The minimum atomic E-state index is -0.577. The van der Waals surface area contributed by atoms with Gasteiger partial charge in [-0.05, 0) is 36.6 Å². The highest BCUT2D eigenvalue weighted by Crippen LogP contribution is 2.32. The highest BCUT2D eigenvalue weighted by atomic mass is 35.5. The van der Waals surface area contributed by atoms with Crippen LogP contribution in [0, 0.1) is 0 Å². The minimum absolute atomic E-state index is 0. The summed E-state index contributed by atoms with van der Waals surface area (Å²) >= 11 is 0. The SMILES string of the molecule is CC(NC(=O)C(N)Cc1ccccc1)c1ccc2c(c1)OCCO2.Cl. The molecular weight excluding hydrogens is 340 g/mol. The molecule has 1 aliphatic rings. The molecule has 0 saturated heterocycles. The Bertz CT molecular complexity index is 709. The number of hydrogen-bond acceptors (Lipinski definition) is 4. The smallest absolute Gasteiger partial charge is 0.237 e. The van der Waals surface area contributed by atoms with Gasteiger partial charge in [-0.3, -0.25) is 4.79 Å². The third-order valence-corrected chi connectivity index (χ3v) is 4.06. The fourth-order valence-corrected chi connectivity index (χ4v) is 2.69. The number of hydrogen-bond donors (Lipinski definition) is 2. The van der Waals surface area contributed by atoms with Gasteiger partial charge in [-0.15, -0.1) is 12.4 Å². The lowest BCUT2D eigenvalue weighted by atomic mass is 10.0. The van der Waals surface area contributed by atoms with Crippen molar-refractivity contribution < 1.29 is 14.3 Å². The van der Waals surface area contributed by atoms with Crippen molar-refractivity contribution in [2.45, 2.75) is 25.4 Å². The molecule has 0 radical (unpaired) electrons. The van der Waals surface area contributed by atoms with E-state index >= 15 is 0 Å². The van der Waals surface area contributed by atoms with E-state index in [0.29, 0.717) is 25.4 Å². The van der Waals surface area contributed by atoms with E-state index in [-0.39, 0.29) is 24.4 Å². The van der Waals surface area contributed by atoms with Gasteiger partial charge in [-0.25, -0.2) is 0 Å². The first-order valence-electron chi connectivity index (χ1n) is 8.13. The molecular formula is C19H23ClN2O3. The number of nitrogens with one attached hydrogen (secondary N) is 1. The predicted octanol–water partition coefficient (Wildman–Crippen LogP) is 2.63. The van der Waals surface area contributed by atoms with Gasteiger partial charge in [-0.2, -0.15) is 0 Å². The molecule has 0 spiro atoms. The number of benzene rings is 2. The maximum atomic E-state index is 12.3. The molecule has 6 heteroatoms. The van der Waals surface area contributed by atoms with Gasteiger partial charge < -0.3 is 20.5 Å². The maximum Gasteiger partial charge on any atom is 0.237 e. The molecule has 3 rings (SSSR count). The Morgan fingerprint density at radius 2 is 1.80 bits per heavy atom. The third kappa shape index (κ3) is 4.87. The average molecular weight is 363 g/mol. The third-order valence-electron chi connectivity index (χ3n) is 4.06. The second kappa shape index (κ2) is 8.74. The second-order valence-electron chi connectivity index (χ2n) is 5.93. The molecule has 1 heterocycles. The topological polar surface area (TPSA) is 73.6 Å². The Labute approximate surface area is 153 Å². The van der Waals surface area contributed by atoms with Gasteiger partial charge >= 0.3 is 0 Å². The first-order valence-corrected chi connectivity index (χ1v) is 8.13. The molecule has 5 nitrogen and oxygen atoms in total. The fraction of sp³-hybridized carbons (Fsp3) is 0.316. The van der Waals surface area contributed by atoms with Crippen molar-refractivity contribution in [2.75, 3.05) is 13.2 Å². The molecule has 2 aromatic carbocycles. The van der Waals surface area contributed by atoms with Crippen molar-refractivity contribution in [3.05, 3.63) is 59.7 Å². The van der Waals surface area contributed by atoms with Crippen LogP contribution in [0.3, 0.4) is 0 Å². The van der Waals surface area contributed by atoms with Crippen LogP contribution < -0.4 is 20.5 Å². The van der Waals surface area contributed by atoms with E-state index in [1.165, 1.54) is 0 Å². The van der Waals surface area contributed by atoms with Crippen LogP contribution in [0.5, 0.6) is 11.5 Å². The Morgan fingerprint density at radius 3 is 2.52 bits per heavy atom. The van der Waals surface area contributed by atoms with E-state index in [1.807, 2.05) is 55.5 Å². The molecule has 25 heavy (non-hydrogen) atoms. The van der Waals surface area contributed by atoms with Crippen molar-refractivity contribution in [2.24, 2.45) is 5.73 Å². The first-order chi connectivity index (χ1) is 11.6. The van der Waals surface area contributed by atoms with Crippen molar-refractivity contribution in [3.63, 3.8) is 0 Å². The van der Waals surface area contributed by atoms with Gasteiger partial charge in [0.05, 0.1) is 12.1 Å². The number of halogens is 1. The lowest BCUT2D eigenvalue weighted by molar-refractivity contribution is -0.123. The van der Waals surface area contributed by atoms with Gasteiger partial charge in [0.15, 0.2) is 11.5 Å². The number of carbonyl (C=O) groups excluding carboxylic acids is 1. The molecule has 0 aromatic heterocycles. The highest BCUT2D eigenvalue weighted by Gasteiger charge is 2.19. The van der Waals surface area contributed by atoms with Gasteiger partial charge in [0, 0.05) is 0 Å². The van der Waals surface area contributed by atoms with Gasteiger partial charge in [0.25, 0.3) is 0 Å². The summed E-state index contributed by atoms with van der Waals surface area (Å²) in [6, 6.07) is 14.7. The largest absolute Gasteiger partial charge is 0.486 e.